The molecule has 2 heterocycles. The molecule has 4 atom stereocenters. The quantitative estimate of drug-likeness (QED) is 0.319. The number of nitrogens with zero attached hydrogens (tertiary/aromatic N) is 2. The summed E-state index contributed by atoms with van der Waals surface area (Å²) >= 11 is 1.60. The van der Waals surface area contributed by atoms with Crippen molar-refractivity contribution in [3.05, 3.63) is 65.0 Å². The number of likely N-dealkylation sites (tertiary alicyclic amines) is 1. The Morgan fingerprint density at radius 3 is 2.71 bits per heavy atom. The smallest absolute Gasteiger partial charge is 0.228 e. The van der Waals surface area contributed by atoms with Gasteiger partial charge in [0.1, 0.15) is 6.10 Å². The second-order valence-corrected chi connectivity index (χ2v) is 10.1. The van der Waals surface area contributed by atoms with E-state index in [1.807, 2.05) is 62.3 Å². The number of amides is 1. The molecule has 0 spiro atoms. The predicted molar refractivity (Wildman–Crippen MR) is 144 cm³/mol. The van der Waals surface area contributed by atoms with Crippen LogP contribution in [-0.4, -0.2) is 47.1 Å². The van der Waals surface area contributed by atoms with E-state index < -0.39 is 12.0 Å². The summed E-state index contributed by atoms with van der Waals surface area (Å²) in [5.74, 6) is -0.693. The highest BCUT2D eigenvalue weighted by atomic mass is 32.1. The third kappa shape index (κ3) is 6.42. The first kappa shape index (κ1) is 26.7. The first-order valence-electron chi connectivity index (χ1n) is 12.1. The minimum atomic E-state index is -1.00. The second kappa shape index (κ2) is 12.2. The minimum Gasteiger partial charge on any atom is -0.386 e. The van der Waals surface area contributed by atoms with E-state index >= 15 is 0 Å². The Hall–Kier alpha value is -2.88. The Labute approximate surface area is 212 Å². The average molecular weight is 499 g/mol. The number of anilines is 2. The van der Waals surface area contributed by atoms with Gasteiger partial charge in [0.25, 0.3) is 0 Å². The highest BCUT2D eigenvalue weighted by Gasteiger charge is 2.37. The molecule has 0 radical (unpaired) electrons. The number of aryl methyl sites for hydroxylation is 1. The SMILES string of the molecule is C=C(N[C@H](C)c1ccc(N/C=C\CN)cc1)[C@H](O)[C@@H](C)C(=O)N1CCC[C@@H]1c1nc(NC)sc1C. The molecule has 1 aromatic carbocycles. The zero-order valence-corrected chi connectivity index (χ0v) is 21.9. The second-order valence-electron chi connectivity index (χ2n) is 8.93. The van der Waals surface area contributed by atoms with Crippen molar-refractivity contribution in [1.29, 1.82) is 0 Å². The van der Waals surface area contributed by atoms with Gasteiger partial charge in [0.15, 0.2) is 5.13 Å². The molecular weight excluding hydrogens is 460 g/mol. The van der Waals surface area contributed by atoms with E-state index in [2.05, 4.69) is 27.5 Å². The van der Waals surface area contributed by atoms with E-state index in [9.17, 15) is 9.90 Å². The summed E-state index contributed by atoms with van der Waals surface area (Å²) in [5.41, 5.74) is 8.85. The first-order chi connectivity index (χ1) is 16.8. The van der Waals surface area contributed by atoms with Gasteiger partial charge in [-0.2, -0.15) is 0 Å². The molecule has 1 aromatic heterocycles. The van der Waals surface area contributed by atoms with Gasteiger partial charge in [-0.15, -0.1) is 11.3 Å². The molecule has 0 aliphatic carbocycles. The fourth-order valence-corrected chi connectivity index (χ4v) is 5.20. The predicted octanol–water partition coefficient (Wildman–Crippen LogP) is 3.90. The molecule has 0 unspecified atom stereocenters. The number of aliphatic hydroxyl groups is 1. The van der Waals surface area contributed by atoms with E-state index in [1.54, 1.807) is 18.3 Å². The lowest BCUT2D eigenvalue weighted by molar-refractivity contribution is -0.138. The number of nitrogens with one attached hydrogen (secondary N) is 3. The molecule has 3 rings (SSSR count). The number of aliphatic hydroxyl groups excluding tert-OH is 1. The number of rotatable bonds is 11. The molecule has 8 nitrogen and oxygen atoms in total. The third-order valence-corrected chi connectivity index (χ3v) is 7.44. The van der Waals surface area contributed by atoms with Crippen LogP contribution < -0.4 is 21.7 Å². The van der Waals surface area contributed by atoms with E-state index in [0.717, 1.165) is 39.8 Å². The first-order valence-corrected chi connectivity index (χ1v) is 12.9. The van der Waals surface area contributed by atoms with Crippen LogP contribution in [-0.2, 0) is 4.79 Å². The fourth-order valence-electron chi connectivity index (χ4n) is 4.38. The lowest BCUT2D eigenvalue weighted by Gasteiger charge is -2.30. The van der Waals surface area contributed by atoms with Crippen LogP contribution in [0, 0.1) is 12.8 Å². The van der Waals surface area contributed by atoms with Crippen molar-refractivity contribution in [3.63, 3.8) is 0 Å². The minimum absolute atomic E-state index is 0.0533. The topological polar surface area (TPSA) is 116 Å². The van der Waals surface area contributed by atoms with E-state index in [4.69, 9.17) is 5.73 Å². The zero-order chi connectivity index (χ0) is 25.5. The van der Waals surface area contributed by atoms with Crippen LogP contribution in [0.3, 0.4) is 0 Å². The van der Waals surface area contributed by atoms with Crippen LogP contribution in [0.25, 0.3) is 0 Å². The number of aromatic nitrogens is 1. The van der Waals surface area contributed by atoms with Crippen LogP contribution in [0.1, 0.15) is 54.9 Å². The van der Waals surface area contributed by atoms with Crippen molar-refractivity contribution in [3.8, 4) is 0 Å². The maximum atomic E-state index is 13.4. The Morgan fingerprint density at radius 1 is 1.37 bits per heavy atom. The Bertz CT molecular complexity index is 1030. The monoisotopic (exact) mass is 498 g/mol. The molecule has 35 heavy (non-hydrogen) atoms. The van der Waals surface area contributed by atoms with Crippen molar-refractivity contribution in [2.45, 2.75) is 51.8 Å². The van der Waals surface area contributed by atoms with Crippen LogP contribution in [0.15, 0.2) is 48.8 Å². The van der Waals surface area contributed by atoms with Gasteiger partial charge >= 0.3 is 0 Å². The van der Waals surface area contributed by atoms with Crippen LogP contribution in [0.5, 0.6) is 0 Å². The molecular formula is C26H38N6O2S. The molecule has 9 heteroatoms. The zero-order valence-electron chi connectivity index (χ0n) is 21.0. The van der Waals surface area contributed by atoms with Gasteiger partial charge in [-0.25, -0.2) is 4.98 Å². The number of benzene rings is 1. The number of hydrogen-bond acceptors (Lipinski definition) is 8. The van der Waals surface area contributed by atoms with Gasteiger partial charge in [-0.1, -0.05) is 31.7 Å². The van der Waals surface area contributed by atoms with Crippen molar-refractivity contribution >= 4 is 28.1 Å². The summed E-state index contributed by atoms with van der Waals surface area (Å²) in [4.78, 5) is 21.1. The third-order valence-electron chi connectivity index (χ3n) is 6.43. The molecule has 1 fully saturated rings. The van der Waals surface area contributed by atoms with Crippen molar-refractivity contribution in [2.24, 2.45) is 11.7 Å². The van der Waals surface area contributed by atoms with E-state index in [0.29, 0.717) is 18.8 Å². The molecule has 0 saturated carbocycles. The summed E-state index contributed by atoms with van der Waals surface area (Å²) in [5, 5.41) is 21.3. The van der Waals surface area contributed by atoms with Gasteiger partial charge in [-0.05, 0) is 50.6 Å². The summed E-state index contributed by atoms with van der Waals surface area (Å²) in [6.45, 7) is 11.0. The van der Waals surface area contributed by atoms with Gasteiger partial charge in [0.2, 0.25) is 5.91 Å². The van der Waals surface area contributed by atoms with Gasteiger partial charge < -0.3 is 31.7 Å². The summed E-state index contributed by atoms with van der Waals surface area (Å²) in [6, 6.07) is 7.84. The molecule has 0 bridgehead atoms. The average Bonchev–Trinajstić information content (AvgIpc) is 3.49. The maximum absolute atomic E-state index is 13.4. The van der Waals surface area contributed by atoms with E-state index in [-0.39, 0.29) is 18.0 Å². The lowest BCUT2D eigenvalue weighted by Crippen LogP contribution is -2.42. The van der Waals surface area contributed by atoms with Crippen molar-refractivity contribution in [1.82, 2.24) is 15.2 Å². The van der Waals surface area contributed by atoms with Crippen LogP contribution in [0.2, 0.25) is 0 Å². The maximum Gasteiger partial charge on any atom is 0.228 e. The largest absolute Gasteiger partial charge is 0.386 e. The van der Waals surface area contributed by atoms with Crippen molar-refractivity contribution in [2.75, 3.05) is 30.8 Å². The number of thiazole rings is 1. The van der Waals surface area contributed by atoms with Gasteiger partial charge in [-0.3, -0.25) is 4.79 Å². The van der Waals surface area contributed by atoms with Crippen LogP contribution >= 0.6 is 11.3 Å². The molecule has 1 aliphatic heterocycles. The number of carbonyl (C=O) groups is 1. The lowest BCUT2D eigenvalue weighted by atomic mass is 9.98. The number of hydrogen-bond donors (Lipinski definition) is 5. The van der Waals surface area contributed by atoms with Gasteiger partial charge in [0.05, 0.1) is 17.7 Å². The normalized spacial score (nSPS) is 18.3. The standard InChI is InChI=1S/C26H38N6O2S/c1-16(25(34)32-15-6-8-22(32)23-19(4)35-26(28-5)31-23)24(33)18(3)30-17(2)20-9-11-21(12-10-20)29-14-7-13-27/h7,9-12,14,16-17,22,24,29-30,33H,3,6,8,13,15,27H2,1-2,4-5H3,(H,28,31)/b14-7-/t16-,17-,22-,24-/m1/s1. The molecule has 6 N–H and O–H groups in total. The van der Waals surface area contributed by atoms with E-state index in [1.165, 1.54) is 0 Å². The molecule has 1 amide bonds. The fraction of sp³-hybridized carbons (Fsp3) is 0.462. The van der Waals surface area contributed by atoms with Gasteiger partial charge in [0, 0.05) is 42.4 Å². The number of nitrogens with two attached hydrogens (primary N) is 1. The Kier molecular flexibility index (Phi) is 9.31. The summed E-state index contributed by atoms with van der Waals surface area (Å²) < 4.78 is 0. The highest BCUT2D eigenvalue weighted by Crippen LogP contribution is 2.37. The van der Waals surface area contributed by atoms with Crippen molar-refractivity contribution < 1.29 is 9.90 Å². The molecule has 2 aromatic rings. The van der Waals surface area contributed by atoms with Crippen LogP contribution in [0.4, 0.5) is 10.8 Å². The summed E-state index contributed by atoms with van der Waals surface area (Å²) in [7, 11) is 1.85. The summed E-state index contributed by atoms with van der Waals surface area (Å²) in [6.07, 6.45) is 4.46. The number of carbonyl (C=O) groups excluding carboxylic acids is 1. The Morgan fingerprint density at radius 2 is 2.09 bits per heavy atom. The molecule has 190 valence electrons. The highest BCUT2D eigenvalue weighted by molar-refractivity contribution is 7.15. The molecule has 1 aliphatic rings. The molecule has 1 saturated heterocycles. The Balaban J connectivity index is 1.61.